The van der Waals surface area contributed by atoms with Crippen molar-refractivity contribution < 1.29 is 9.47 Å². The van der Waals surface area contributed by atoms with Crippen LogP contribution in [0.15, 0.2) is 40.9 Å². The van der Waals surface area contributed by atoms with Crippen molar-refractivity contribution in [2.24, 2.45) is 5.73 Å². The molecule has 104 valence electrons. The molecule has 0 saturated heterocycles. The van der Waals surface area contributed by atoms with Crippen LogP contribution in [0, 0.1) is 12.3 Å². The Bertz CT molecular complexity index is 656. The Labute approximate surface area is 126 Å². The Morgan fingerprint density at radius 2 is 1.80 bits per heavy atom. The summed E-state index contributed by atoms with van der Waals surface area (Å²) < 4.78 is 12.0. The van der Waals surface area contributed by atoms with Crippen LogP contribution in [0.4, 0.5) is 0 Å². The van der Waals surface area contributed by atoms with Crippen LogP contribution in [0.3, 0.4) is 0 Å². The first-order chi connectivity index (χ1) is 9.51. The van der Waals surface area contributed by atoms with Crippen LogP contribution >= 0.6 is 15.9 Å². The van der Waals surface area contributed by atoms with Gasteiger partial charge in [-0.05, 0) is 42.8 Å². The molecule has 0 aromatic heterocycles. The Morgan fingerprint density at radius 3 is 2.45 bits per heavy atom. The molecular formula is C15H15BrN2O2. The van der Waals surface area contributed by atoms with Gasteiger partial charge in [-0.1, -0.05) is 22.0 Å². The molecule has 5 heteroatoms. The van der Waals surface area contributed by atoms with Crippen LogP contribution in [0.1, 0.15) is 11.1 Å². The molecule has 0 heterocycles. The second kappa shape index (κ2) is 5.96. The lowest BCUT2D eigenvalue weighted by Crippen LogP contribution is -2.12. The summed E-state index contributed by atoms with van der Waals surface area (Å²) in [5.74, 6) is 1.69. The minimum absolute atomic E-state index is 0.0487. The van der Waals surface area contributed by atoms with E-state index in [1.807, 2.05) is 31.2 Å². The number of nitrogen functional groups attached to an aromatic ring is 1. The highest BCUT2D eigenvalue weighted by molar-refractivity contribution is 9.10. The number of halogens is 1. The van der Waals surface area contributed by atoms with Crippen LogP contribution in [-0.2, 0) is 0 Å². The molecule has 2 aromatic rings. The summed E-state index contributed by atoms with van der Waals surface area (Å²) in [5.41, 5.74) is 7.19. The number of hydrogen-bond donors (Lipinski definition) is 2. The van der Waals surface area contributed by atoms with E-state index < -0.39 is 0 Å². The van der Waals surface area contributed by atoms with Crippen molar-refractivity contribution in [1.82, 2.24) is 0 Å². The number of rotatable bonds is 4. The number of nitrogens with two attached hydrogens (primary N) is 1. The highest BCUT2D eigenvalue weighted by atomic mass is 79.9. The van der Waals surface area contributed by atoms with Gasteiger partial charge in [-0.15, -0.1) is 0 Å². The van der Waals surface area contributed by atoms with Gasteiger partial charge in [-0.2, -0.15) is 0 Å². The molecule has 0 unspecified atom stereocenters. The fourth-order valence-corrected chi connectivity index (χ4v) is 2.14. The first kappa shape index (κ1) is 14.4. The molecule has 0 atom stereocenters. The van der Waals surface area contributed by atoms with E-state index in [1.165, 1.54) is 0 Å². The third kappa shape index (κ3) is 3.11. The molecular weight excluding hydrogens is 320 g/mol. The topological polar surface area (TPSA) is 68.3 Å². The quantitative estimate of drug-likeness (QED) is 0.659. The van der Waals surface area contributed by atoms with Crippen molar-refractivity contribution in [3.05, 3.63) is 52.0 Å². The molecule has 0 aliphatic carbocycles. The normalized spacial score (nSPS) is 10.2. The summed E-state index contributed by atoms with van der Waals surface area (Å²) in [6.45, 7) is 1.98. The number of hydrogen-bond acceptors (Lipinski definition) is 3. The first-order valence-corrected chi connectivity index (χ1v) is 6.77. The SMILES string of the molecule is COc1cc(C)ccc1Oc1ccc(Br)cc1C(=N)N. The van der Waals surface area contributed by atoms with Crippen LogP contribution in [-0.4, -0.2) is 12.9 Å². The monoisotopic (exact) mass is 334 g/mol. The van der Waals surface area contributed by atoms with Crippen LogP contribution < -0.4 is 15.2 Å². The number of nitrogens with one attached hydrogen (secondary N) is 1. The van der Waals surface area contributed by atoms with Crippen molar-refractivity contribution in [2.45, 2.75) is 6.92 Å². The van der Waals surface area contributed by atoms with Gasteiger partial charge in [0.15, 0.2) is 11.5 Å². The Morgan fingerprint density at radius 1 is 1.10 bits per heavy atom. The van der Waals surface area contributed by atoms with Gasteiger partial charge < -0.3 is 15.2 Å². The number of ether oxygens (including phenoxy) is 2. The molecule has 2 aromatic carbocycles. The van der Waals surface area contributed by atoms with E-state index in [0.717, 1.165) is 10.0 Å². The van der Waals surface area contributed by atoms with Gasteiger partial charge in [0.05, 0.1) is 12.7 Å². The average molecular weight is 335 g/mol. The fraction of sp³-hybridized carbons (Fsp3) is 0.133. The van der Waals surface area contributed by atoms with E-state index in [4.69, 9.17) is 20.6 Å². The largest absolute Gasteiger partial charge is 0.493 e. The van der Waals surface area contributed by atoms with E-state index in [0.29, 0.717) is 22.8 Å². The van der Waals surface area contributed by atoms with Gasteiger partial charge in [-0.25, -0.2) is 0 Å². The zero-order chi connectivity index (χ0) is 14.7. The molecule has 0 spiro atoms. The lowest BCUT2D eigenvalue weighted by atomic mass is 10.2. The third-order valence-electron chi connectivity index (χ3n) is 2.77. The predicted molar refractivity (Wildman–Crippen MR) is 83.0 cm³/mol. The van der Waals surface area contributed by atoms with Crippen LogP contribution in [0.5, 0.6) is 17.2 Å². The molecule has 0 amide bonds. The molecule has 2 rings (SSSR count). The maximum Gasteiger partial charge on any atom is 0.169 e. The number of benzene rings is 2. The molecule has 0 saturated carbocycles. The summed E-state index contributed by atoms with van der Waals surface area (Å²) in [6.07, 6.45) is 0. The van der Waals surface area contributed by atoms with Gasteiger partial charge in [-0.3, -0.25) is 5.41 Å². The molecule has 0 fully saturated rings. The second-order valence-electron chi connectivity index (χ2n) is 4.31. The minimum atomic E-state index is -0.0487. The molecule has 0 radical (unpaired) electrons. The zero-order valence-corrected chi connectivity index (χ0v) is 12.8. The van der Waals surface area contributed by atoms with E-state index in [-0.39, 0.29) is 5.84 Å². The summed E-state index contributed by atoms with van der Waals surface area (Å²) >= 11 is 3.36. The highest BCUT2D eigenvalue weighted by Gasteiger charge is 2.11. The second-order valence-corrected chi connectivity index (χ2v) is 5.23. The lowest BCUT2D eigenvalue weighted by Gasteiger charge is -2.13. The van der Waals surface area contributed by atoms with Gasteiger partial charge in [0.1, 0.15) is 11.6 Å². The predicted octanol–water partition coefficient (Wildman–Crippen LogP) is 3.84. The molecule has 0 aliphatic heterocycles. The average Bonchev–Trinajstić information content (AvgIpc) is 2.42. The van der Waals surface area contributed by atoms with Crippen molar-refractivity contribution >= 4 is 21.8 Å². The molecule has 0 bridgehead atoms. The number of aryl methyl sites for hydroxylation is 1. The third-order valence-corrected chi connectivity index (χ3v) is 3.26. The van der Waals surface area contributed by atoms with E-state index in [1.54, 1.807) is 19.2 Å². The summed E-state index contributed by atoms with van der Waals surface area (Å²) in [4.78, 5) is 0. The fourth-order valence-electron chi connectivity index (χ4n) is 1.78. The highest BCUT2D eigenvalue weighted by Crippen LogP contribution is 2.34. The summed E-state index contributed by atoms with van der Waals surface area (Å²) in [6, 6.07) is 11.0. The summed E-state index contributed by atoms with van der Waals surface area (Å²) in [5, 5.41) is 7.62. The van der Waals surface area contributed by atoms with E-state index in [9.17, 15) is 0 Å². The molecule has 3 N–H and O–H groups in total. The van der Waals surface area contributed by atoms with Crippen molar-refractivity contribution in [3.8, 4) is 17.2 Å². The van der Waals surface area contributed by atoms with Gasteiger partial charge in [0.25, 0.3) is 0 Å². The molecule has 20 heavy (non-hydrogen) atoms. The van der Waals surface area contributed by atoms with Crippen LogP contribution in [0.25, 0.3) is 0 Å². The maximum absolute atomic E-state index is 7.62. The summed E-state index contributed by atoms with van der Waals surface area (Å²) in [7, 11) is 1.59. The van der Waals surface area contributed by atoms with E-state index in [2.05, 4.69) is 15.9 Å². The Kier molecular flexibility index (Phi) is 4.29. The first-order valence-electron chi connectivity index (χ1n) is 5.97. The standard InChI is InChI=1S/C15H15BrN2O2/c1-9-3-5-13(14(7-9)19-2)20-12-6-4-10(16)8-11(12)15(17)18/h3-8H,1-2H3,(H3,17,18). The van der Waals surface area contributed by atoms with Gasteiger partial charge >= 0.3 is 0 Å². The Balaban J connectivity index is 2.42. The number of methoxy groups -OCH3 is 1. The minimum Gasteiger partial charge on any atom is -0.493 e. The van der Waals surface area contributed by atoms with Gasteiger partial charge in [0, 0.05) is 4.47 Å². The molecule has 0 aliphatic rings. The number of amidine groups is 1. The Hall–Kier alpha value is -2.01. The van der Waals surface area contributed by atoms with Gasteiger partial charge in [0.2, 0.25) is 0 Å². The van der Waals surface area contributed by atoms with Crippen molar-refractivity contribution in [3.63, 3.8) is 0 Å². The van der Waals surface area contributed by atoms with E-state index >= 15 is 0 Å². The van der Waals surface area contributed by atoms with Crippen molar-refractivity contribution in [2.75, 3.05) is 7.11 Å². The van der Waals surface area contributed by atoms with Crippen LogP contribution in [0.2, 0.25) is 0 Å². The zero-order valence-electron chi connectivity index (χ0n) is 11.2. The maximum atomic E-state index is 7.62. The molecule has 4 nitrogen and oxygen atoms in total. The smallest absolute Gasteiger partial charge is 0.169 e. The van der Waals surface area contributed by atoms with Crippen molar-refractivity contribution in [1.29, 1.82) is 5.41 Å². The lowest BCUT2D eigenvalue weighted by molar-refractivity contribution is 0.378.